The van der Waals surface area contributed by atoms with E-state index in [2.05, 4.69) is 15.1 Å². The summed E-state index contributed by atoms with van der Waals surface area (Å²) in [4.78, 5) is 0. The zero-order chi connectivity index (χ0) is 9.80. The molecule has 78 valence electrons. The molecule has 4 nitrogen and oxygen atoms in total. The number of hydrogen-bond donors (Lipinski definition) is 1. The monoisotopic (exact) mass is 195 g/mol. The predicted octanol–water partition coefficient (Wildman–Crippen LogP) is 0.680. The van der Waals surface area contributed by atoms with E-state index in [-0.39, 0.29) is 0 Å². The maximum absolute atomic E-state index is 5.23. The first-order chi connectivity index (χ1) is 6.92. The second kappa shape index (κ2) is 4.57. The van der Waals surface area contributed by atoms with Gasteiger partial charge in [-0.1, -0.05) is 0 Å². The molecule has 0 aliphatic carbocycles. The quantitative estimate of drug-likeness (QED) is 0.771. The van der Waals surface area contributed by atoms with Gasteiger partial charge in [-0.3, -0.25) is 4.68 Å². The molecule has 14 heavy (non-hydrogen) atoms. The first-order valence-corrected chi connectivity index (χ1v) is 5.10. The van der Waals surface area contributed by atoms with E-state index >= 15 is 0 Å². The van der Waals surface area contributed by atoms with Gasteiger partial charge in [0.25, 0.3) is 0 Å². The van der Waals surface area contributed by atoms with Gasteiger partial charge in [0.2, 0.25) is 0 Å². The minimum Gasteiger partial charge on any atom is -0.384 e. The topological polar surface area (TPSA) is 39.1 Å². The molecule has 1 aromatic heterocycles. The van der Waals surface area contributed by atoms with E-state index in [4.69, 9.17) is 4.74 Å². The van der Waals surface area contributed by atoms with Crippen LogP contribution < -0.4 is 5.32 Å². The van der Waals surface area contributed by atoms with E-state index in [0.717, 1.165) is 26.1 Å². The molecule has 1 aromatic rings. The molecule has 2 rings (SSSR count). The van der Waals surface area contributed by atoms with Gasteiger partial charge >= 0.3 is 0 Å². The fourth-order valence-corrected chi connectivity index (χ4v) is 2.12. The van der Waals surface area contributed by atoms with Crippen LogP contribution in [0.3, 0.4) is 0 Å². The Kier molecular flexibility index (Phi) is 3.16. The second-order valence-corrected chi connectivity index (χ2v) is 3.76. The normalized spacial score (nSPS) is 27.8. The van der Waals surface area contributed by atoms with Crippen molar-refractivity contribution >= 4 is 0 Å². The third-order valence-electron chi connectivity index (χ3n) is 2.81. The van der Waals surface area contributed by atoms with Gasteiger partial charge in [-0.2, -0.15) is 5.10 Å². The Balaban J connectivity index is 2.06. The van der Waals surface area contributed by atoms with Crippen LogP contribution in [0.15, 0.2) is 18.5 Å². The highest BCUT2D eigenvalue weighted by molar-refractivity contribution is 4.87. The van der Waals surface area contributed by atoms with Gasteiger partial charge in [0.05, 0.1) is 12.6 Å². The zero-order valence-electron chi connectivity index (χ0n) is 8.52. The van der Waals surface area contributed by atoms with E-state index in [1.807, 2.05) is 18.5 Å². The summed E-state index contributed by atoms with van der Waals surface area (Å²) >= 11 is 0. The lowest BCUT2D eigenvalue weighted by Gasteiger charge is -2.31. The van der Waals surface area contributed by atoms with Crippen LogP contribution in [0.4, 0.5) is 0 Å². The minimum absolute atomic E-state index is 0.492. The van der Waals surface area contributed by atoms with Crippen LogP contribution in [0, 0.1) is 5.92 Å². The first kappa shape index (κ1) is 9.68. The van der Waals surface area contributed by atoms with Crippen molar-refractivity contribution in [3.05, 3.63) is 18.5 Å². The summed E-state index contributed by atoms with van der Waals surface area (Å²) in [5.41, 5.74) is 0. The highest BCUT2D eigenvalue weighted by Crippen LogP contribution is 2.23. The molecule has 0 saturated carbocycles. The van der Waals surface area contributed by atoms with Crippen molar-refractivity contribution in [1.29, 1.82) is 0 Å². The maximum atomic E-state index is 5.23. The maximum Gasteiger partial charge on any atom is 0.0593 e. The molecular formula is C10H17N3O. The third-order valence-corrected chi connectivity index (χ3v) is 2.81. The van der Waals surface area contributed by atoms with Gasteiger partial charge in [0, 0.05) is 32.0 Å². The number of piperidine rings is 1. The lowest BCUT2D eigenvalue weighted by Crippen LogP contribution is -2.40. The van der Waals surface area contributed by atoms with Crippen LogP contribution in [0.2, 0.25) is 0 Å². The molecule has 0 spiro atoms. The standard InChI is InChI=1S/C10H17N3O/c1-14-8-9-7-11-5-3-10(9)13-6-2-4-12-13/h2,4,6,9-11H,3,5,7-8H2,1H3. The molecule has 1 saturated heterocycles. The lowest BCUT2D eigenvalue weighted by atomic mass is 9.94. The largest absolute Gasteiger partial charge is 0.384 e. The van der Waals surface area contributed by atoms with Crippen LogP contribution >= 0.6 is 0 Å². The van der Waals surface area contributed by atoms with Crippen molar-refractivity contribution < 1.29 is 4.74 Å². The van der Waals surface area contributed by atoms with Crippen molar-refractivity contribution in [3.8, 4) is 0 Å². The SMILES string of the molecule is COCC1CNCCC1n1cccn1. The summed E-state index contributed by atoms with van der Waals surface area (Å²) in [5.74, 6) is 0.536. The number of nitrogens with one attached hydrogen (secondary N) is 1. The summed E-state index contributed by atoms with van der Waals surface area (Å²) in [6.07, 6.45) is 5.01. The molecule has 4 heteroatoms. The van der Waals surface area contributed by atoms with Crippen molar-refractivity contribution in [3.63, 3.8) is 0 Å². The molecule has 1 aliphatic heterocycles. The summed E-state index contributed by atoms with van der Waals surface area (Å²) in [5, 5.41) is 7.70. The number of ether oxygens (including phenoxy) is 1. The number of hydrogen-bond acceptors (Lipinski definition) is 3. The zero-order valence-corrected chi connectivity index (χ0v) is 8.52. The van der Waals surface area contributed by atoms with Crippen molar-refractivity contribution in [2.75, 3.05) is 26.8 Å². The Morgan fingerprint density at radius 1 is 1.64 bits per heavy atom. The van der Waals surface area contributed by atoms with Gasteiger partial charge < -0.3 is 10.1 Å². The highest BCUT2D eigenvalue weighted by Gasteiger charge is 2.26. The smallest absolute Gasteiger partial charge is 0.0593 e. The average molecular weight is 195 g/mol. The summed E-state index contributed by atoms with van der Waals surface area (Å²) in [6.45, 7) is 2.90. The molecule has 0 amide bonds. The predicted molar refractivity (Wildman–Crippen MR) is 54.1 cm³/mol. The highest BCUT2D eigenvalue weighted by atomic mass is 16.5. The van der Waals surface area contributed by atoms with Gasteiger partial charge in [-0.15, -0.1) is 0 Å². The van der Waals surface area contributed by atoms with Crippen molar-refractivity contribution in [1.82, 2.24) is 15.1 Å². The fourth-order valence-electron chi connectivity index (χ4n) is 2.12. The Hall–Kier alpha value is -0.870. The van der Waals surface area contributed by atoms with Crippen LogP contribution in [-0.2, 0) is 4.74 Å². The number of nitrogens with zero attached hydrogens (tertiary/aromatic N) is 2. The van der Waals surface area contributed by atoms with Gasteiger partial charge in [-0.05, 0) is 19.0 Å². The summed E-state index contributed by atoms with van der Waals surface area (Å²) < 4.78 is 7.29. The van der Waals surface area contributed by atoms with Crippen LogP contribution in [0.1, 0.15) is 12.5 Å². The Bertz CT molecular complexity index is 258. The summed E-state index contributed by atoms with van der Waals surface area (Å²) in [7, 11) is 1.76. The molecule has 2 unspecified atom stereocenters. The molecule has 2 atom stereocenters. The average Bonchev–Trinajstić information content (AvgIpc) is 2.72. The molecule has 1 aliphatic rings. The van der Waals surface area contributed by atoms with Crippen LogP contribution in [-0.4, -0.2) is 36.6 Å². The minimum atomic E-state index is 0.492. The number of rotatable bonds is 3. The lowest BCUT2D eigenvalue weighted by molar-refractivity contribution is 0.101. The Morgan fingerprint density at radius 3 is 3.29 bits per heavy atom. The van der Waals surface area contributed by atoms with E-state index in [1.165, 1.54) is 0 Å². The molecular weight excluding hydrogens is 178 g/mol. The second-order valence-electron chi connectivity index (χ2n) is 3.76. The van der Waals surface area contributed by atoms with Gasteiger partial charge in [0.15, 0.2) is 0 Å². The summed E-state index contributed by atoms with van der Waals surface area (Å²) in [6, 6.07) is 2.47. The fraction of sp³-hybridized carbons (Fsp3) is 0.700. The van der Waals surface area contributed by atoms with Crippen molar-refractivity contribution in [2.45, 2.75) is 12.5 Å². The number of methoxy groups -OCH3 is 1. The number of aromatic nitrogens is 2. The molecule has 0 aromatic carbocycles. The first-order valence-electron chi connectivity index (χ1n) is 5.10. The van der Waals surface area contributed by atoms with Crippen LogP contribution in [0.25, 0.3) is 0 Å². The van der Waals surface area contributed by atoms with Gasteiger partial charge in [0.1, 0.15) is 0 Å². The van der Waals surface area contributed by atoms with Crippen LogP contribution in [0.5, 0.6) is 0 Å². The molecule has 0 bridgehead atoms. The van der Waals surface area contributed by atoms with E-state index in [9.17, 15) is 0 Å². The molecule has 1 N–H and O–H groups in total. The van der Waals surface area contributed by atoms with E-state index < -0.39 is 0 Å². The molecule has 0 radical (unpaired) electrons. The third kappa shape index (κ3) is 1.96. The van der Waals surface area contributed by atoms with Crippen molar-refractivity contribution in [2.24, 2.45) is 5.92 Å². The Labute approximate surface area is 84.3 Å². The molecule has 1 fully saturated rings. The van der Waals surface area contributed by atoms with Gasteiger partial charge in [-0.25, -0.2) is 0 Å². The van der Waals surface area contributed by atoms with E-state index in [0.29, 0.717) is 12.0 Å². The van der Waals surface area contributed by atoms with E-state index in [1.54, 1.807) is 7.11 Å². The Morgan fingerprint density at radius 2 is 2.57 bits per heavy atom. The molecule has 2 heterocycles.